The van der Waals surface area contributed by atoms with Crippen molar-refractivity contribution >= 4 is 29.8 Å². The molecule has 192 valence electrons. The van der Waals surface area contributed by atoms with Crippen LogP contribution in [-0.4, -0.2) is 102 Å². The Labute approximate surface area is 198 Å². The van der Waals surface area contributed by atoms with E-state index >= 15 is 0 Å². The second-order valence-corrected chi connectivity index (χ2v) is 9.24. The largest absolute Gasteiger partial charge is 0.455 e. The second kappa shape index (κ2) is 11.1. The van der Waals surface area contributed by atoms with E-state index in [1.165, 1.54) is 0 Å². The molecule has 12 nitrogen and oxygen atoms in total. The first-order chi connectivity index (χ1) is 15.7. The first kappa shape index (κ1) is 27.5. The quantitative estimate of drug-likeness (QED) is 0.384. The first-order valence-corrected chi connectivity index (χ1v) is 11.1. The van der Waals surface area contributed by atoms with E-state index in [4.69, 9.17) is 23.7 Å². The highest BCUT2D eigenvalue weighted by atomic mass is 16.7. The Kier molecular flexibility index (Phi) is 9.01. The summed E-state index contributed by atoms with van der Waals surface area (Å²) in [4.78, 5) is 64.4. The van der Waals surface area contributed by atoms with Crippen molar-refractivity contribution in [3.05, 3.63) is 0 Å². The third-order valence-electron chi connectivity index (χ3n) is 5.47. The van der Waals surface area contributed by atoms with Crippen molar-refractivity contribution < 1.29 is 47.7 Å². The smallest absolute Gasteiger partial charge is 0.305 e. The predicted octanol–water partition coefficient (Wildman–Crippen LogP) is 0.0122. The third kappa shape index (κ3) is 7.13. The van der Waals surface area contributed by atoms with Crippen molar-refractivity contribution in [3.8, 4) is 0 Å². The maximum atomic E-state index is 13.5. The molecule has 0 spiro atoms. The van der Waals surface area contributed by atoms with Crippen LogP contribution in [-0.2, 0) is 47.7 Å². The van der Waals surface area contributed by atoms with E-state index in [9.17, 15) is 24.0 Å². The average molecular weight is 487 g/mol. The molecule has 2 fully saturated rings. The Morgan fingerprint density at radius 3 is 1.56 bits per heavy atom. The lowest BCUT2D eigenvalue weighted by Crippen LogP contribution is -2.66. The van der Waals surface area contributed by atoms with E-state index in [0.29, 0.717) is 26.2 Å². The summed E-state index contributed by atoms with van der Waals surface area (Å²) in [7, 11) is 0. The third-order valence-corrected chi connectivity index (χ3v) is 5.47. The molecule has 2 saturated heterocycles. The molecule has 34 heavy (non-hydrogen) atoms. The lowest BCUT2D eigenvalue weighted by atomic mass is 9.96. The van der Waals surface area contributed by atoms with Gasteiger partial charge >= 0.3 is 23.9 Å². The minimum Gasteiger partial charge on any atom is -0.455 e. The standard InChI is InChI=1S/C22H34N2O10/c1-12(25)30-16-17(31-13(2)26)19(32-14(3)27)21(33-15(4)28)34-18(16)20(29)23-8-10-24(11-9-23)22(5,6)7/h16-19,21H,8-11H2,1-7H3/t16-,17-,18-,19+,21+/m0/s1. The number of ether oxygens (including phenoxy) is 5. The van der Waals surface area contributed by atoms with Crippen LogP contribution in [0.4, 0.5) is 0 Å². The molecule has 2 heterocycles. The molecule has 0 aliphatic carbocycles. The van der Waals surface area contributed by atoms with Crippen molar-refractivity contribution in [2.45, 2.75) is 84.7 Å². The van der Waals surface area contributed by atoms with E-state index in [1.807, 2.05) is 0 Å². The van der Waals surface area contributed by atoms with Crippen LogP contribution in [0.1, 0.15) is 48.5 Å². The van der Waals surface area contributed by atoms with E-state index in [1.54, 1.807) is 4.90 Å². The molecule has 5 atom stereocenters. The number of hydrogen-bond acceptors (Lipinski definition) is 11. The molecule has 1 amide bonds. The summed E-state index contributed by atoms with van der Waals surface area (Å²) in [5.74, 6) is -3.65. The number of hydrogen-bond donors (Lipinski definition) is 0. The van der Waals surface area contributed by atoms with E-state index in [0.717, 1.165) is 27.7 Å². The summed E-state index contributed by atoms with van der Waals surface area (Å²) < 4.78 is 26.8. The van der Waals surface area contributed by atoms with Gasteiger partial charge in [-0.25, -0.2) is 0 Å². The topological polar surface area (TPSA) is 138 Å². The van der Waals surface area contributed by atoms with Gasteiger partial charge in [0, 0.05) is 59.4 Å². The minimum atomic E-state index is -1.57. The van der Waals surface area contributed by atoms with Crippen molar-refractivity contribution in [2.75, 3.05) is 26.2 Å². The molecular weight excluding hydrogens is 452 g/mol. The highest BCUT2D eigenvalue weighted by molar-refractivity contribution is 5.83. The zero-order valence-electron chi connectivity index (χ0n) is 20.7. The zero-order chi connectivity index (χ0) is 25.8. The molecule has 0 N–H and O–H groups in total. The van der Waals surface area contributed by atoms with Crippen molar-refractivity contribution in [3.63, 3.8) is 0 Å². The van der Waals surface area contributed by atoms with Crippen LogP contribution in [0.25, 0.3) is 0 Å². The molecule has 0 aromatic carbocycles. The van der Waals surface area contributed by atoms with Gasteiger partial charge in [0.1, 0.15) is 0 Å². The number of carbonyl (C=O) groups excluding carboxylic acids is 5. The highest BCUT2D eigenvalue weighted by Gasteiger charge is 2.56. The van der Waals surface area contributed by atoms with Gasteiger partial charge < -0.3 is 28.6 Å². The van der Waals surface area contributed by atoms with E-state index in [-0.39, 0.29) is 5.54 Å². The van der Waals surface area contributed by atoms with Gasteiger partial charge in [-0.2, -0.15) is 0 Å². The van der Waals surface area contributed by atoms with Gasteiger partial charge in [0.25, 0.3) is 5.91 Å². The fourth-order valence-corrected chi connectivity index (χ4v) is 4.01. The zero-order valence-corrected chi connectivity index (χ0v) is 20.7. The Bertz CT molecular complexity index is 800. The molecule has 0 saturated carbocycles. The Hall–Kier alpha value is -2.73. The van der Waals surface area contributed by atoms with Crippen LogP contribution < -0.4 is 0 Å². The van der Waals surface area contributed by atoms with Crippen LogP contribution in [0.15, 0.2) is 0 Å². The molecule has 2 aliphatic rings. The first-order valence-electron chi connectivity index (χ1n) is 11.1. The summed E-state index contributed by atoms with van der Waals surface area (Å²) in [5, 5.41) is 0. The summed E-state index contributed by atoms with van der Waals surface area (Å²) in [5.41, 5.74) is -0.0746. The highest BCUT2D eigenvalue weighted by Crippen LogP contribution is 2.31. The van der Waals surface area contributed by atoms with E-state index < -0.39 is 60.5 Å². The SMILES string of the molecule is CC(=O)O[C@@H]1O[C@H](C(=O)N2CCN(C(C)(C)C)CC2)[C@@H](OC(C)=O)[C@H](OC(C)=O)[C@H]1OC(C)=O. The predicted molar refractivity (Wildman–Crippen MR) is 115 cm³/mol. The summed E-state index contributed by atoms with van der Waals surface area (Å²) in [6, 6.07) is 0. The number of nitrogens with zero attached hydrogens (tertiary/aromatic N) is 2. The maximum Gasteiger partial charge on any atom is 0.305 e. The molecule has 0 radical (unpaired) electrons. The fraction of sp³-hybridized carbons (Fsp3) is 0.773. The lowest BCUT2D eigenvalue weighted by molar-refractivity contribution is -0.292. The summed E-state index contributed by atoms with van der Waals surface area (Å²) >= 11 is 0. The Balaban J connectivity index is 2.39. The van der Waals surface area contributed by atoms with E-state index in [2.05, 4.69) is 25.7 Å². The molecule has 0 aromatic rings. The molecule has 12 heteroatoms. The summed E-state index contributed by atoms with van der Waals surface area (Å²) in [6.07, 6.45) is -7.39. The molecule has 0 unspecified atom stereocenters. The Morgan fingerprint density at radius 1 is 0.676 bits per heavy atom. The van der Waals surface area contributed by atoms with Gasteiger partial charge in [-0.15, -0.1) is 0 Å². The van der Waals surface area contributed by atoms with Crippen molar-refractivity contribution in [1.29, 1.82) is 0 Å². The van der Waals surface area contributed by atoms with Gasteiger partial charge in [-0.1, -0.05) is 0 Å². The maximum absolute atomic E-state index is 13.5. The number of amides is 1. The molecule has 0 aromatic heterocycles. The fourth-order valence-electron chi connectivity index (χ4n) is 4.01. The molecule has 2 aliphatic heterocycles. The van der Waals surface area contributed by atoms with Crippen molar-refractivity contribution in [1.82, 2.24) is 9.80 Å². The van der Waals surface area contributed by atoms with Crippen LogP contribution in [0.2, 0.25) is 0 Å². The second-order valence-electron chi connectivity index (χ2n) is 9.24. The van der Waals surface area contributed by atoms with Crippen LogP contribution in [0.3, 0.4) is 0 Å². The number of carbonyl (C=O) groups is 5. The van der Waals surface area contributed by atoms with Crippen molar-refractivity contribution in [2.24, 2.45) is 0 Å². The van der Waals surface area contributed by atoms with Gasteiger partial charge in [-0.05, 0) is 20.8 Å². The Morgan fingerprint density at radius 2 is 1.12 bits per heavy atom. The number of rotatable bonds is 5. The van der Waals surface area contributed by atoms with Crippen LogP contribution in [0, 0.1) is 0 Å². The number of esters is 4. The summed E-state index contributed by atoms with van der Waals surface area (Å²) in [6.45, 7) is 12.6. The average Bonchev–Trinajstić information content (AvgIpc) is 2.69. The van der Waals surface area contributed by atoms with Crippen LogP contribution >= 0.6 is 0 Å². The van der Waals surface area contributed by atoms with Gasteiger partial charge in [-0.3, -0.25) is 28.9 Å². The lowest BCUT2D eigenvalue weighted by Gasteiger charge is -2.46. The van der Waals surface area contributed by atoms with Gasteiger partial charge in [0.2, 0.25) is 12.4 Å². The van der Waals surface area contributed by atoms with Crippen LogP contribution in [0.5, 0.6) is 0 Å². The minimum absolute atomic E-state index is 0.0746. The van der Waals surface area contributed by atoms with Gasteiger partial charge in [0.15, 0.2) is 18.3 Å². The number of piperazine rings is 1. The molecular formula is C22H34N2O10. The molecule has 0 bridgehead atoms. The molecule has 2 rings (SSSR count). The monoisotopic (exact) mass is 486 g/mol. The normalized spacial score (nSPS) is 28.0. The van der Waals surface area contributed by atoms with Gasteiger partial charge in [0.05, 0.1) is 0 Å².